The first-order valence-electron chi connectivity index (χ1n) is 11.0. The maximum atomic E-state index is 6.10. The molecule has 2 aromatic carbocycles. The molecule has 0 saturated heterocycles. The Bertz CT molecular complexity index is 1120. The molecular formula is C28H32O4. The zero-order valence-corrected chi connectivity index (χ0v) is 20.0. The topological polar surface area (TPSA) is 36.9 Å². The first-order chi connectivity index (χ1) is 15.1. The zero-order chi connectivity index (χ0) is 23.1. The average Bonchev–Trinajstić information content (AvgIpc) is 2.74. The van der Waals surface area contributed by atoms with Gasteiger partial charge in [0.1, 0.15) is 34.2 Å². The number of fused-ring (bicyclic) bond motifs is 2. The monoisotopic (exact) mass is 432 g/mol. The molecule has 0 saturated carbocycles. The summed E-state index contributed by atoms with van der Waals surface area (Å²) in [5.74, 6) is 3.42. The van der Waals surface area contributed by atoms with Crippen LogP contribution in [0.3, 0.4) is 0 Å². The molecule has 1 atom stereocenters. The molecule has 0 N–H and O–H groups in total. The maximum Gasteiger partial charge on any atom is 0.131 e. The highest BCUT2D eigenvalue weighted by molar-refractivity contribution is 5.71. The zero-order valence-electron chi connectivity index (χ0n) is 20.0. The van der Waals surface area contributed by atoms with Gasteiger partial charge in [0, 0.05) is 40.3 Å². The summed E-state index contributed by atoms with van der Waals surface area (Å²) < 4.78 is 23.5. The highest BCUT2D eigenvalue weighted by Gasteiger charge is 2.25. The number of hydrogen-bond donors (Lipinski definition) is 0. The molecule has 4 rings (SSSR count). The molecule has 0 aromatic heterocycles. The number of allylic oxidation sites excluding steroid dienone is 1. The van der Waals surface area contributed by atoms with E-state index in [0.717, 1.165) is 45.3 Å². The summed E-state index contributed by atoms with van der Waals surface area (Å²) in [5, 5.41) is 0. The van der Waals surface area contributed by atoms with Gasteiger partial charge < -0.3 is 18.9 Å². The van der Waals surface area contributed by atoms with Gasteiger partial charge in [-0.25, -0.2) is 0 Å². The van der Waals surface area contributed by atoms with E-state index in [4.69, 9.17) is 18.9 Å². The van der Waals surface area contributed by atoms with Crippen LogP contribution in [-0.2, 0) is 0 Å². The molecule has 0 radical (unpaired) electrons. The molecule has 4 nitrogen and oxygen atoms in total. The summed E-state index contributed by atoms with van der Waals surface area (Å²) in [6, 6.07) is 8.21. The van der Waals surface area contributed by atoms with Crippen LogP contribution in [0, 0.1) is 0 Å². The van der Waals surface area contributed by atoms with Crippen molar-refractivity contribution in [2.45, 2.75) is 51.7 Å². The van der Waals surface area contributed by atoms with Gasteiger partial charge in [-0.2, -0.15) is 0 Å². The van der Waals surface area contributed by atoms with Gasteiger partial charge in [0.05, 0.1) is 14.2 Å². The molecule has 168 valence electrons. The largest absolute Gasteiger partial charge is 0.496 e. The first-order valence-corrected chi connectivity index (χ1v) is 11.0. The smallest absolute Gasteiger partial charge is 0.131 e. The summed E-state index contributed by atoms with van der Waals surface area (Å²) in [5.41, 5.74) is 3.59. The van der Waals surface area contributed by atoms with E-state index in [1.54, 1.807) is 14.2 Å². The quantitative estimate of drug-likeness (QED) is 0.515. The van der Waals surface area contributed by atoms with E-state index in [2.05, 4.69) is 55.5 Å². The lowest BCUT2D eigenvalue weighted by atomic mass is 9.93. The highest BCUT2D eigenvalue weighted by atomic mass is 16.5. The van der Waals surface area contributed by atoms with E-state index in [1.807, 2.05) is 39.8 Å². The molecule has 0 bridgehead atoms. The van der Waals surface area contributed by atoms with Gasteiger partial charge >= 0.3 is 0 Å². The van der Waals surface area contributed by atoms with Crippen molar-refractivity contribution in [2.24, 2.45) is 0 Å². The Morgan fingerprint density at radius 2 is 1.31 bits per heavy atom. The minimum atomic E-state index is -0.319. The van der Waals surface area contributed by atoms with Crippen molar-refractivity contribution < 1.29 is 18.9 Å². The van der Waals surface area contributed by atoms with Crippen LogP contribution in [0.1, 0.15) is 62.8 Å². The van der Waals surface area contributed by atoms with Gasteiger partial charge in [-0.3, -0.25) is 0 Å². The summed E-state index contributed by atoms with van der Waals surface area (Å²) in [4.78, 5) is 0. The Balaban J connectivity index is 1.65. The van der Waals surface area contributed by atoms with Gasteiger partial charge in [-0.05, 0) is 52.0 Å². The number of methoxy groups -OCH3 is 2. The van der Waals surface area contributed by atoms with Crippen LogP contribution in [0.2, 0.25) is 0 Å². The standard InChI is InChI=1S/C28H32O4/c1-18(22-15-21-11-13-28(4,5)32-25(21)17-26(22)30-7)8-9-19-14-20-10-12-27(2,3)31-24(20)16-23(19)29-6/h8-18H,1-7H3. The van der Waals surface area contributed by atoms with E-state index < -0.39 is 0 Å². The molecule has 1 unspecified atom stereocenters. The predicted octanol–water partition coefficient (Wildman–Crippen LogP) is 6.89. The van der Waals surface area contributed by atoms with Gasteiger partial charge in [0.2, 0.25) is 0 Å². The first kappa shape index (κ1) is 22.1. The summed E-state index contributed by atoms with van der Waals surface area (Å²) >= 11 is 0. The maximum absolute atomic E-state index is 6.10. The van der Waals surface area contributed by atoms with Crippen molar-refractivity contribution in [1.82, 2.24) is 0 Å². The van der Waals surface area contributed by atoms with Crippen LogP contribution in [0.4, 0.5) is 0 Å². The van der Waals surface area contributed by atoms with Crippen LogP contribution in [0.15, 0.2) is 42.5 Å². The molecule has 2 aromatic rings. The molecule has 0 amide bonds. The lowest BCUT2D eigenvalue weighted by Gasteiger charge is -2.29. The number of hydrogen-bond acceptors (Lipinski definition) is 4. The van der Waals surface area contributed by atoms with Crippen LogP contribution in [0.5, 0.6) is 23.0 Å². The van der Waals surface area contributed by atoms with E-state index in [-0.39, 0.29) is 17.1 Å². The minimum absolute atomic E-state index is 0.130. The van der Waals surface area contributed by atoms with Crippen LogP contribution in [0.25, 0.3) is 18.2 Å². The van der Waals surface area contributed by atoms with E-state index in [1.165, 1.54) is 0 Å². The van der Waals surface area contributed by atoms with Crippen molar-refractivity contribution in [3.05, 3.63) is 64.7 Å². The minimum Gasteiger partial charge on any atom is -0.496 e. The second kappa shape index (κ2) is 8.09. The van der Waals surface area contributed by atoms with Gasteiger partial charge in [-0.1, -0.05) is 31.2 Å². The van der Waals surface area contributed by atoms with E-state index in [9.17, 15) is 0 Å². The molecule has 2 aliphatic rings. The molecule has 4 heteroatoms. The molecular weight excluding hydrogens is 400 g/mol. The van der Waals surface area contributed by atoms with E-state index >= 15 is 0 Å². The third-order valence-electron chi connectivity index (χ3n) is 5.85. The molecule has 0 spiro atoms. The fraction of sp³-hybridized carbons (Fsp3) is 0.357. The highest BCUT2D eigenvalue weighted by Crippen LogP contribution is 2.40. The summed E-state index contributed by atoms with van der Waals surface area (Å²) in [6.45, 7) is 10.3. The Labute approximate surface area is 191 Å². The molecule has 2 heterocycles. The van der Waals surface area contributed by atoms with Crippen LogP contribution >= 0.6 is 0 Å². The predicted molar refractivity (Wildman–Crippen MR) is 131 cm³/mol. The Morgan fingerprint density at radius 3 is 1.88 bits per heavy atom. The SMILES string of the molecule is COc1cc2c(cc1C=CC(C)c1cc3c(cc1OC)OC(C)(C)C=C3)C=CC(C)(C)O2. The van der Waals surface area contributed by atoms with E-state index in [0.29, 0.717) is 0 Å². The van der Waals surface area contributed by atoms with Crippen molar-refractivity contribution in [1.29, 1.82) is 0 Å². The van der Waals surface area contributed by atoms with Crippen molar-refractivity contribution in [3.63, 3.8) is 0 Å². The summed E-state index contributed by atoms with van der Waals surface area (Å²) in [7, 11) is 3.39. The third kappa shape index (κ3) is 4.40. The molecule has 0 aliphatic carbocycles. The molecule has 32 heavy (non-hydrogen) atoms. The Hall–Kier alpha value is -3.14. The normalized spacial score (nSPS) is 18.3. The van der Waals surface area contributed by atoms with Gasteiger partial charge in [0.15, 0.2) is 0 Å². The van der Waals surface area contributed by atoms with Gasteiger partial charge in [0.25, 0.3) is 0 Å². The lowest BCUT2D eigenvalue weighted by molar-refractivity contribution is 0.158. The fourth-order valence-electron chi connectivity index (χ4n) is 4.04. The average molecular weight is 433 g/mol. The number of rotatable bonds is 5. The third-order valence-corrected chi connectivity index (χ3v) is 5.85. The second-order valence-electron chi connectivity index (χ2n) is 9.49. The van der Waals surface area contributed by atoms with Crippen molar-refractivity contribution >= 4 is 18.2 Å². The van der Waals surface area contributed by atoms with Crippen molar-refractivity contribution in [2.75, 3.05) is 14.2 Å². The fourth-order valence-corrected chi connectivity index (χ4v) is 4.04. The molecule has 0 fully saturated rings. The van der Waals surface area contributed by atoms with Gasteiger partial charge in [-0.15, -0.1) is 0 Å². The second-order valence-corrected chi connectivity index (χ2v) is 9.49. The summed E-state index contributed by atoms with van der Waals surface area (Å²) in [6.07, 6.45) is 12.7. The number of benzene rings is 2. The lowest BCUT2D eigenvalue weighted by Crippen LogP contribution is -2.27. The Morgan fingerprint density at radius 1 is 0.781 bits per heavy atom. The van der Waals surface area contributed by atoms with Crippen LogP contribution < -0.4 is 18.9 Å². The van der Waals surface area contributed by atoms with Crippen molar-refractivity contribution in [3.8, 4) is 23.0 Å². The Kier molecular flexibility index (Phi) is 5.58. The molecule has 2 aliphatic heterocycles. The van der Waals surface area contributed by atoms with Crippen LogP contribution in [-0.4, -0.2) is 25.4 Å². The number of ether oxygens (including phenoxy) is 4.